The molecule has 0 bridgehead atoms. The number of benzene rings is 1. The molecule has 0 aromatic heterocycles. The number of rotatable bonds is 7. The molecule has 1 aliphatic heterocycles. The Morgan fingerprint density at radius 2 is 2.09 bits per heavy atom. The van der Waals surface area contributed by atoms with Gasteiger partial charge in [-0.25, -0.2) is 4.79 Å². The number of carbonyl (C=O) groups is 1. The van der Waals surface area contributed by atoms with Gasteiger partial charge in [-0.15, -0.1) is 0 Å². The minimum atomic E-state index is -1.14. The van der Waals surface area contributed by atoms with E-state index in [0.29, 0.717) is 18.7 Å². The number of nitrogens with zero attached hydrogens (tertiary/aromatic N) is 2. The van der Waals surface area contributed by atoms with Crippen LogP contribution in [-0.2, 0) is 6.42 Å². The first-order chi connectivity index (χ1) is 10.5. The Hall–Kier alpha value is -2.15. The van der Waals surface area contributed by atoms with Crippen molar-refractivity contribution in [2.45, 2.75) is 26.2 Å². The van der Waals surface area contributed by atoms with E-state index in [1.54, 1.807) is 6.92 Å². The molecule has 0 atom stereocenters. The highest BCUT2D eigenvalue weighted by molar-refractivity contribution is 5.92. The largest absolute Gasteiger partial charge is 0.478 e. The number of hydrogen-bond acceptors (Lipinski definition) is 5. The maximum atomic E-state index is 11.4. The molecule has 1 fully saturated rings. The number of nitro groups is 1. The van der Waals surface area contributed by atoms with E-state index in [4.69, 9.17) is 5.11 Å². The van der Waals surface area contributed by atoms with Gasteiger partial charge < -0.3 is 15.3 Å². The Balaban J connectivity index is 2.18. The van der Waals surface area contributed by atoms with Crippen molar-refractivity contribution in [3.05, 3.63) is 33.4 Å². The number of nitrogens with one attached hydrogen (secondary N) is 1. The maximum absolute atomic E-state index is 11.4. The Labute approximate surface area is 129 Å². The number of hydrogen-bond donors (Lipinski definition) is 2. The molecule has 1 aromatic rings. The van der Waals surface area contributed by atoms with Gasteiger partial charge in [-0.3, -0.25) is 10.1 Å². The molecule has 1 aliphatic rings. The van der Waals surface area contributed by atoms with Crippen LogP contribution in [0.3, 0.4) is 0 Å². The fraction of sp³-hybridized carbons (Fsp3) is 0.533. The Morgan fingerprint density at radius 1 is 1.41 bits per heavy atom. The van der Waals surface area contributed by atoms with Gasteiger partial charge in [-0.1, -0.05) is 6.92 Å². The quantitative estimate of drug-likeness (QED) is 0.593. The first kappa shape index (κ1) is 16.2. The van der Waals surface area contributed by atoms with Crippen LogP contribution >= 0.6 is 0 Å². The lowest BCUT2D eigenvalue weighted by molar-refractivity contribution is -0.384. The highest BCUT2D eigenvalue weighted by Crippen LogP contribution is 2.32. The van der Waals surface area contributed by atoms with Crippen molar-refractivity contribution in [3.8, 4) is 0 Å². The molecule has 0 amide bonds. The number of anilines is 1. The molecule has 120 valence electrons. The lowest BCUT2D eigenvalue weighted by Crippen LogP contribution is -2.26. The highest BCUT2D eigenvalue weighted by atomic mass is 16.6. The molecule has 1 heterocycles. The standard InChI is InChI=1S/C15H21N3O4/c1-2-11-12(15(19)20)5-6-13(14(11)18(21)22)16-7-10-17-8-3-4-9-17/h5-6,16H,2-4,7-10H2,1H3,(H,19,20). The smallest absolute Gasteiger partial charge is 0.336 e. The summed E-state index contributed by atoms with van der Waals surface area (Å²) in [6.07, 6.45) is 2.71. The van der Waals surface area contributed by atoms with Crippen molar-refractivity contribution in [1.29, 1.82) is 0 Å². The van der Waals surface area contributed by atoms with Gasteiger partial charge in [0, 0.05) is 18.7 Å². The van der Waals surface area contributed by atoms with E-state index in [1.807, 2.05) is 0 Å². The number of carboxylic acid groups (broad SMARTS) is 1. The van der Waals surface area contributed by atoms with Gasteiger partial charge in [0.05, 0.1) is 10.5 Å². The van der Waals surface area contributed by atoms with Crippen LogP contribution in [0.5, 0.6) is 0 Å². The summed E-state index contributed by atoms with van der Waals surface area (Å²) in [5.74, 6) is -1.14. The summed E-state index contributed by atoms with van der Waals surface area (Å²) < 4.78 is 0. The molecule has 0 aliphatic carbocycles. The van der Waals surface area contributed by atoms with E-state index < -0.39 is 10.9 Å². The van der Waals surface area contributed by atoms with E-state index in [1.165, 1.54) is 25.0 Å². The third-order valence-electron chi connectivity index (χ3n) is 3.99. The van der Waals surface area contributed by atoms with Gasteiger partial charge in [0.25, 0.3) is 5.69 Å². The van der Waals surface area contributed by atoms with Crippen molar-refractivity contribution >= 4 is 17.3 Å². The average molecular weight is 307 g/mol. The number of aromatic carboxylic acids is 1. The molecule has 0 unspecified atom stereocenters. The zero-order valence-corrected chi connectivity index (χ0v) is 12.7. The van der Waals surface area contributed by atoms with E-state index in [0.717, 1.165) is 19.6 Å². The predicted molar refractivity (Wildman–Crippen MR) is 83.6 cm³/mol. The predicted octanol–water partition coefficient (Wildman–Crippen LogP) is 2.36. The van der Waals surface area contributed by atoms with Crippen LogP contribution in [0, 0.1) is 10.1 Å². The molecule has 0 radical (unpaired) electrons. The lowest BCUT2D eigenvalue weighted by atomic mass is 10.0. The third-order valence-corrected chi connectivity index (χ3v) is 3.99. The summed E-state index contributed by atoms with van der Waals surface area (Å²) in [6.45, 7) is 5.31. The minimum absolute atomic E-state index is 0.000655. The summed E-state index contributed by atoms with van der Waals surface area (Å²) in [6, 6.07) is 2.93. The molecule has 7 nitrogen and oxygen atoms in total. The number of carboxylic acids is 1. The zero-order valence-electron chi connectivity index (χ0n) is 12.7. The molecule has 0 spiro atoms. The Bertz CT molecular complexity index is 568. The van der Waals surface area contributed by atoms with Crippen molar-refractivity contribution in [3.63, 3.8) is 0 Å². The molecular weight excluding hydrogens is 286 g/mol. The van der Waals surface area contributed by atoms with Gasteiger partial charge in [0.15, 0.2) is 0 Å². The summed E-state index contributed by atoms with van der Waals surface area (Å²) >= 11 is 0. The van der Waals surface area contributed by atoms with Gasteiger partial charge in [0.2, 0.25) is 0 Å². The van der Waals surface area contributed by atoms with Gasteiger partial charge in [-0.05, 0) is 44.5 Å². The van der Waals surface area contributed by atoms with Gasteiger partial charge in [-0.2, -0.15) is 0 Å². The minimum Gasteiger partial charge on any atom is -0.478 e. The Morgan fingerprint density at radius 3 is 2.64 bits per heavy atom. The van der Waals surface area contributed by atoms with E-state index in [-0.39, 0.29) is 16.8 Å². The summed E-state index contributed by atoms with van der Waals surface area (Å²) in [5.41, 5.74) is 0.540. The molecule has 1 aromatic carbocycles. The zero-order chi connectivity index (χ0) is 16.1. The van der Waals surface area contributed by atoms with Crippen LogP contribution in [0.1, 0.15) is 35.7 Å². The molecule has 22 heavy (non-hydrogen) atoms. The Kier molecular flexibility index (Phi) is 5.32. The fourth-order valence-electron chi connectivity index (χ4n) is 2.90. The average Bonchev–Trinajstić information content (AvgIpc) is 2.99. The second-order valence-corrected chi connectivity index (χ2v) is 5.38. The van der Waals surface area contributed by atoms with Crippen LogP contribution in [0.2, 0.25) is 0 Å². The molecule has 2 N–H and O–H groups in total. The van der Waals surface area contributed by atoms with Crippen LogP contribution in [0.15, 0.2) is 12.1 Å². The van der Waals surface area contributed by atoms with Crippen LogP contribution in [0.4, 0.5) is 11.4 Å². The number of nitro benzene ring substituents is 1. The second-order valence-electron chi connectivity index (χ2n) is 5.38. The van der Waals surface area contributed by atoms with Crippen LogP contribution < -0.4 is 5.32 Å². The molecule has 2 rings (SSSR count). The van der Waals surface area contributed by atoms with Crippen molar-refractivity contribution in [2.24, 2.45) is 0 Å². The van der Waals surface area contributed by atoms with Gasteiger partial charge >= 0.3 is 5.97 Å². The summed E-state index contributed by atoms with van der Waals surface area (Å²) in [5, 5.41) is 23.6. The SMILES string of the molecule is CCc1c(C(=O)O)ccc(NCCN2CCCC2)c1[N+](=O)[O-]. The van der Waals surface area contributed by atoms with Gasteiger partial charge in [0.1, 0.15) is 5.69 Å². The van der Waals surface area contributed by atoms with Crippen molar-refractivity contribution in [1.82, 2.24) is 4.90 Å². The van der Waals surface area contributed by atoms with E-state index >= 15 is 0 Å². The fourth-order valence-corrected chi connectivity index (χ4v) is 2.90. The van der Waals surface area contributed by atoms with Crippen molar-refractivity contribution in [2.75, 3.05) is 31.5 Å². The van der Waals surface area contributed by atoms with Crippen molar-refractivity contribution < 1.29 is 14.8 Å². The summed E-state index contributed by atoms with van der Waals surface area (Å²) in [7, 11) is 0. The summed E-state index contributed by atoms with van der Waals surface area (Å²) in [4.78, 5) is 24.4. The van der Waals surface area contributed by atoms with Crippen LogP contribution in [-0.4, -0.2) is 47.1 Å². The maximum Gasteiger partial charge on any atom is 0.336 e. The topological polar surface area (TPSA) is 95.7 Å². The highest BCUT2D eigenvalue weighted by Gasteiger charge is 2.24. The second kappa shape index (κ2) is 7.22. The number of likely N-dealkylation sites (tertiary alicyclic amines) is 1. The first-order valence-electron chi connectivity index (χ1n) is 7.54. The third kappa shape index (κ3) is 3.54. The lowest BCUT2D eigenvalue weighted by Gasteiger charge is -2.16. The van der Waals surface area contributed by atoms with E-state index in [9.17, 15) is 14.9 Å². The first-order valence-corrected chi connectivity index (χ1v) is 7.54. The monoisotopic (exact) mass is 307 g/mol. The molecule has 7 heteroatoms. The molecular formula is C15H21N3O4. The molecule has 1 saturated heterocycles. The van der Waals surface area contributed by atoms with Crippen LogP contribution in [0.25, 0.3) is 0 Å². The molecule has 0 saturated carbocycles. The van der Waals surface area contributed by atoms with E-state index in [2.05, 4.69) is 10.2 Å². The normalized spacial score (nSPS) is 15.0.